The molecule has 21 heavy (non-hydrogen) atoms. The number of hydrogen-bond donors (Lipinski definition) is 0. The predicted molar refractivity (Wildman–Crippen MR) is 60.1 cm³/mol. The van der Waals surface area contributed by atoms with Crippen molar-refractivity contribution >= 4 is 22.1 Å². The molecule has 0 aromatic heterocycles. The van der Waals surface area contributed by atoms with E-state index in [2.05, 4.69) is 16.1 Å². The summed E-state index contributed by atoms with van der Waals surface area (Å²) in [5.41, 5.74) is -0.381. The zero-order chi connectivity index (χ0) is 16.3. The molecule has 1 heterocycles. The largest absolute Gasteiger partial charge is 0.743 e. The Morgan fingerprint density at radius 1 is 1.52 bits per heavy atom. The molecule has 0 N–H and O–H groups in total. The lowest BCUT2D eigenvalue weighted by atomic mass is 10.3. The number of rotatable bonds is 7. The Hall–Kier alpha value is -1.59. The summed E-state index contributed by atoms with van der Waals surface area (Å²) in [6.45, 7) is 0.609. The highest BCUT2D eigenvalue weighted by molar-refractivity contribution is 7.86. The highest BCUT2D eigenvalue weighted by Gasteiger charge is 2.38. The molecule has 0 spiro atoms. The molecule has 0 saturated carbocycles. The molecule has 1 aliphatic rings. The van der Waals surface area contributed by atoms with Crippen LogP contribution in [0.5, 0.6) is 0 Å². The van der Waals surface area contributed by atoms with Gasteiger partial charge in [-0.3, -0.25) is 4.79 Å². The second-order valence-corrected chi connectivity index (χ2v) is 5.61. The molecule has 0 aromatic rings. The topological polar surface area (TPSA) is 119 Å². The first kappa shape index (κ1) is 17.5. The van der Waals surface area contributed by atoms with E-state index in [4.69, 9.17) is 4.74 Å². The van der Waals surface area contributed by atoms with Gasteiger partial charge in [-0.2, -0.15) is 8.78 Å². The van der Waals surface area contributed by atoms with Crippen molar-refractivity contribution in [1.82, 2.24) is 0 Å². The third-order valence-electron chi connectivity index (χ3n) is 2.30. The molecule has 0 radical (unpaired) electrons. The standard InChI is InChI=1S/C10H12F2O8S/c1-6(3-18-5-10(11,12)21(15,16)17)9(14)20-7-2-8(13)19-4-7/h7H,1-5H2,(H,15,16,17)/p-1. The van der Waals surface area contributed by atoms with Crippen LogP contribution >= 0.6 is 0 Å². The maximum atomic E-state index is 12.7. The van der Waals surface area contributed by atoms with Gasteiger partial charge in [-0.15, -0.1) is 0 Å². The van der Waals surface area contributed by atoms with Crippen LogP contribution in [-0.4, -0.2) is 56.1 Å². The van der Waals surface area contributed by atoms with Crippen LogP contribution in [0, 0.1) is 0 Å². The molecule has 1 unspecified atom stereocenters. The van der Waals surface area contributed by atoms with E-state index in [1.165, 1.54) is 0 Å². The second-order valence-electron chi connectivity index (χ2n) is 4.10. The fourth-order valence-electron chi connectivity index (χ4n) is 1.22. The molecule has 0 aliphatic carbocycles. The van der Waals surface area contributed by atoms with Crippen molar-refractivity contribution in [3.63, 3.8) is 0 Å². The Bertz CT molecular complexity index is 541. The molecule has 1 rings (SSSR count). The van der Waals surface area contributed by atoms with Crippen molar-refractivity contribution in [3.05, 3.63) is 12.2 Å². The minimum Gasteiger partial charge on any atom is -0.743 e. The average Bonchev–Trinajstić information content (AvgIpc) is 2.72. The summed E-state index contributed by atoms with van der Waals surface area (Å²) in [5.74, 6) is -1.55. The number of esters is 2. The van der Waals surface area contributed by atoms with Gasteiger partial charge in [0.1, 0.15) is 19.3 Å². The first-order valence-corrected chi connectivity index (χ1v) is 6.89. The van der Waals surface area contributed by atoms with Crippen molar-refractivity contribution in [1.29, 1.82) is 0 Å². The van der Waals surface area contributed by atoms with Crippen LogP contribution < -0.4 is 0 Å². The Labute approximate surface area is 118 Å². The molecule has 0 bridgehead atoms. The monoisotopic (exact) mass is 329 g/mol. The van der Waals surface area contributed by atoms with Crippen LogP contribution in [0.15, 0.2) is 12.2 Å². The summed E-state index contributed by atoms with van der Waals surface area (Å²) in [7, 11) is -5.85. The van der Waals surface area contributed by atoms with Crippen LogP contribution in [0.1, 0.15) is 6.42 Å². The molecule has 0 amide bonds. The van der Waals surface area contributed by atoms with E-state index in [9.17, 15) is 31.3 Å². The molecule has 1 fully saturated rings. The van der Waals surface area contributed by atoms with Crippen molar-refractivity contribution in [3.8, 4) is 0 Å². The number of carbonyl (C=O) groups is 2. The molecule has 120 valence electrons. The molecule has 1 saturated heterocycles. The van der Waals surface area contributed by atoms with E-state index in [0.29, 0.717) is 0 Å². The van der Waals surface area contributed by atoms with Gasteiger partial charge in [0.25, 0.3) is 0 Å². The van der Waals surface area contributed by atoms with Gasteiger partial charge in [-0.1, -0.05) is 6.58 Å². The first-order chi connectivity index (χ1) is 9.53. The number of hydrogen-bond acceptors (Lipinski definition) is 8. The van der Waals surface area contributed by atoms with Crippen molar-refractivity contribution < 1.29 is 45.6 Å². The van der Waals surface area contributed by atoms with E-state index in [1.54, 1.807) is 0 Å². The smallest absolute Gasteiger partial charge is 0.357 e. The molecule has 1 atom stereocenters. The average molecular weight is 329 g/mol. The molecular formula is C10H11F2O8S-. The number of cyclic esters (lactones) is 1. The molecule has 8 nitrogen and oxygen atoms in total. The number of carbonyl (C=O) groups excluding carboxylic acids is 2. The van der Waals surface area contributed by atoms with Gasteiger partial charge in [-0.25, -0.2) is 13.2 Å². The Balaban J connectivity index is 2.37. The number of ether oxygens (including phenoxy) is 3. The lowest BCUT2D eigenvalue weighted by Crippen LogP contribution is -2.34. The molecular weight excluding hydrogens is 318 g/mol. The van der Waals surface area contributed by atoms with Gasteiger partial charge in [0, 0.05) is 0 Å². The van der Waals surface area contributed by atoms with E-state index in [-0.39, 0.29) is 18.6 Å². The Morgan fingerprint density at radius 3 is 2.62 bits per heavy atom. The number of alkyl halides is 2. The van der Waals surface area contributed by atoms with Crippen LogP contribution in [0.3, 0.4) is 0 Å². The summed E-state index contributed by atoms with van der Waals surface area (Å²) in [4.78, 5) is 22.2. The molecule has 11 heteroatoms. The lowest BCUT2D eigenvalue weighted by molar-refractivity contribution is -0.145. The fourth-order valence-corrected chi connectivity index (χ4v) is 1.45. The van der Waals surface area contributed by atoms with Crippen LogP contribution in [0.2, 0.25) is 0 Å². The lowest BCUT2D eigenvalue weighted by Gasteiger charge is -2.19. The van der Waals surface area contributed by atoms with Gasteiger partial charge in [0.15, 0.2) is 10.1 Å². The Morgan fingerprint density at radius 2 is 2.14 bits per heavy atom. The van der Waals surface area contributed by atoms with Crippen LogP contribution in [-0.2, 0) is 33.9 Å². The number of halogens is 2. The maximum absolute atomic E-state index is 12.7. The minimum atomic E-state index is -5.85. The van der Waals surface area contributed by atoms with E-state index in [0.717, 1.165) is 0 Å². The highest BCUT2D eigenvalue weighted by atomic mass is 32.2. The summed E-state index contributed by atoms with van der Waals surface area (Å²) >= 11 is 0. The zero-order valence-corrected chi connectivity index (χ0v) is 11.4. The third-order valence-corrected chi connectivity index (χ3v) is 3.15. The summed E-state index contributed by atoms with van der Waals surface area (Å²) in [5, 5.41) is -4.61. The van der Waals surface area contributed by atoms with Crippen molar-refractivity contribution in [2.45, 2.75) is 17.8 Å². The van der Waals surface area contributed by atoms with Crippen molar-refractivity contribution in [2.24, 2.45) is 0 Å². The SMILES string of the molecule is C=C(COCC(F)(F)S(=O)(=O)[O-])C(=O)OC1COC(=O)C1. The zero-order valence-electron chi connectivity index (χ0n) is 10.5. The normalized spacial score (nSPS) is 19.2. The van der Waals surface area contributed by atoms with E-state index in [1.807, 2.05) is 0 Å². The van der Waals surface area contributed by atoms with Crippen LogP contribution in [0.25, 0.3) is 0 Å². The van der Waals surface area contributed by atoms with Gasteiger partial charge >= 0.3 is 17.2 Å². The van der Waals surface area contributed by atoms with Crippen LogP contribution in [0.4, 0.5) is 8.78 Å². The third kappa shape index (κ3) is 5.02. The minimum absolute atomic E-state index is 0.120. The highest BCUT2D eigenvalue weighted by Crippen LogP contribution is 2.20. The van der Waals surface area contributed by atoms with Gasteiger partial charge < -0.3 is 18.8 Å². The maximum Gasteiger partial charge on any atom is 0.357 e. The fraction of sp³-hybridized carbons (Fsp3) is 0.600. The summed E-state index contributed by atoms with van der Waals surface area (Å²) in [6.07, 6.45) is -0.933. The second kappa shape index (κ2) is 6.45. The summed E-state index contributed by atoms with van der Waals surface area (Å²) in [6, 6.07) is 0. The molecule has 0 aromatic carbocycles. The van der Waals surface area contributed by atoms with Gasteiger partial charge in [-0.05, 0) is 0 Å². The van der Waals surface area contributed by atoms with Crippen molar-refractivity contribution in [2.75, 3.05) is 19.8 Å². The Kier molecular flexibility index (Phi) is 5.36. The van der Waals surface area contributed by atoms with Gasteiger partial charge in [0.05, 0.1) is 18.6 Å². The first-order valence-electron chi connectivity index (χ1n) is 5.48. The van der Waals surface area contributed by atoms with E-state index < -0.39 is 46.6 Å². The predicted octanol–water partition coefficient (Wildman–Crippen LogP) is -0.444. The molecule has 1 aliphatic heterocycles. The van der Waals surface area contributed by atoms with E-state index >= 15 is 0 Å². The quantitative estimate of drug-likeness (QED) is 0.350. The summed E-state index contributed by atoms with van der Waals surface area (Å²) < 4.78 is 69.5. The van der Waals surface area contributed by atoms with Gasteiger partial charge in [0.2, 0.25) is 0 Å².